The summed E-state index contributed by atoms with van der Waals surface area (Å²) in [7, 11) is 1.66. The molecule has 1 atom stereocenters. The van der Waals surface area contributed by atoms with Crippen molar-refractivity contribution < 1.29 is 4.74 Å². The van der Waals surface area contributed by atoms with Crippen LogP contribution < -0.4 is 4.74 Å². The Morgan fingerprint density at radius 2 is 1.89 bits per heavy atom. The fourth-order valence-corrected chi connectivity index (χ4v) is 2.95. The average Bonchev–Trinajstić information content (AvgIpc) is 2.39. The van der Waals surface area contributed by atoms with Crippen molar-refractivity contribution in [1.82, 2.24) is 0 Å². The molecule has 3 heteroatoms. The molecule has 18 heavy (non-hydrogen) atoms. The third-order valence-electron chi connectivity index (χ3n) is 2.80. The molecule has 0 saturated heterocycles. The largest absolute Gasteiger partial charge is 0.497 e. The molecule has 0 N–H and O–H groups in total. The normalized spacial score (nSPS) is 12.2. The van der Waals surface area contributed by atoms with Crippen LogP contribution >= 0.6 is 27.5 Å². The molecule has 0 aromatic heterocycles. The fourth-order valence-electron chi connectivity index (χ4n) is 1.82. The minimum absolute atomic E-state index is 0.0484. The summed E-state index contributed by atoms with van der Waals surface area (Å²) in [6.45, 7) is 0. The van der Waals surface area contributed by atoms with Crippen LogP contribution in [0.3, 0.4) is 0 Å². The first kappa shape index (κ1) is 13.4. The van der Waals surface area contributed by atoms with Gasteiger partial charge in [0.2, 0.25) is 0 Å². The van der Waals surface area contributed by atoms with Gasteiger partial charge in [0.1, 0.15) is 5.75 Å². The molecule has 0 bridgehead atoms. The van der Waals surface area contributed by atoms with Crippen LogP contribution in [0.25, 0.3) is 0 Å². The van der Waals surface area contributed by atoms with E-state index in [-0.39, 0.29) is 5.38 Å². The van der Waals surface area contributed by atoms with E-state index in [4.69, 9.17) is 16.3 Å². The molecule has 2 aromatic carbocycles. The van der Waals surface area contributed by atoms with Gasteiger partial charge in [-0.3, -0.25) is 0 Å². The molecule has 94 valence electrons. The third-order valence-corrected chi connectivity index (χ3v) is 3.88. The number of halogens is 2. The maximum absolute atomic E-state index is 6.47. The summed E-state index contributed by atoms with van der Waals surface area (Å²) in [5, 5.41) is -0.0484. The lowest BCUT2D eigenvalue weighted by Gasteiger charge is -2.13. The van der Waals surface area contributed by atoms with E-state index in [0.29, 0.717) is 0 Å². The monoisotopic (exact) mass is 324 g/mol. The molecule has 1 nitrogen and oxygen atoms in total. The highest BCUT2D eigenvalue weighted by Crippen LogP contribution is 2.33. The molecule has 0 aliphatic rings. The lowest BCUT2D eigenvalue weighted by Crippen LogP contribution is -1.97. The van der Waals surface area contributed by atoms with Gasteiger partial charge in [-0.05, 0) is 29.7 Å². The second-order valence-corrected chi connectivity index (χ2v) is 5.43. The van der Waals surface area contributed by atoms with Crippen molar-refractivity contribution in [2.75, 3.05) is 7.11 Å². The van der Waals surface area contributed by atoms with Crippen molar-refractivity contribution in [3.05, 3.63) is 64.1 Å². The van der Waals surface area contributed by atoms with Crippen LogP contribution in [0.5, 0.6) is 5.75 Å². The quantitative estimate of drug-likeness (QED) is 0.720. The Bertz CT molecular complexity index is 513. The van der Waals surface area contributed by atoms with Gasteiger partial charge < -0.3 is 4.74 Å². The van der Waals surface area contributed by atoms with Crippen molar-refractivity contribution >= 4 is 27.5 Å². The second kappa shape index (κ2) is 6.26. The van der Waals surface area contributed by atoms with Crippen LogP contribution in [-0.4, -0.2) is 7.11 Å². The first-order valence-electron chi connectivity index (χ1n) is 5.72. The molecule has 0 spiro atoms. The zero-order chi connectivity index (χ0) is 13.0. The van der Waals surface area contributed by atoms with Gasteiger partial charge in [0.15, 0.2) is 0 Å². The van der Waals surface area contributed by atoms with Crippen LogP contribution in [0.1, 0.15) is 16.5 Å². The van der Waals surface area contributed by atoms with Gasteiger partial charge >= 0.3 is 0 Å². The molecule has 0 heterocycles. The summed E-state index contributed by atoms with van der Waals surface area (Å²) >= 11 is 10.0. The van der Waals surface area contributed by atoms with E-state index in [9.17, 15) is 0 Å². The van der Waals surface area contributed by atoms with Crippen molar-refractivity contribution in [2.24, 2.45) is 0 Å². The van der Waals surface area contributed by atoms with E-state index in [1.54, 1.807) is 7.11 Å². The van der Waals surface area contributed by atoms with E-state index in [1.807, 2.05) is 36.4 Å². The van der Waals surface area contributed by atoms with E-state index in [0.717, 1.165) is 22.2 Å². The molecule has 0 saturated carbocycles. The highest BCUT2D eigenvalue weighted by molar-refractivity contribution is 9.10. The first-order valence-corrected chi connectivity index (χ1v) is 6.95. The number of ether oxygens (including phenoxy) is 1. The summed E-state index contributed by atoms with van der Waals surface area (Å²) in [5.74, 6) is 0.828. The molecule has 2 rings (SSSR count). The molecule has 0 aliphatic carbocycles. The molecular weight excluding hydrogens is 312 g/mol. The zero-order valence-electron chi connectivity index (χ0n) is 10.1. The van der Waals surface area contributed by atoms with Gasteiger partial charge in [0.05, 0.1) is 12.5 Å². The van der Waals surface area contributed by atoms with Gasteiger partial charge in [-0.15, -0.1) is 11.6 Å². The lowest BCUT2D eigenvalue weighted by atomic mass is 10.0. The van der Waals surface area contributed by atoms with Crippen molar-refractivity contribution in [3.8, 4) is 5.75 Å². The molecule has 0 fully saturated rings. The van der Waals surface area contributed by atoms with Crippen molar-refractivity contribution in [3.63, 3.8) is 0 Å². The van der Waals surface area contributed by atoms with Gasteiger partial charge in [-0.25, -0.2) is 0 Å². The second-order valence-electron chi connectivity index (χ2n) is 4.04. The van der Waals surface area contributed by atoms with Crippen LogP contribution in [0.15, 0.2) is 53.0 Å². The molecule has 0 amide bonds. The Hall–Kier alpha value is -0.990. The zero-order valence-corrected chi connectivity index (χ0v) is 12.4. The maximum atomic E-state index is 6.47. The van der Waals surface area contributed by atoms with E-state index >= 15 is 0 Å². The van der Waals surface area contributed by atoms with Crippen LogP contribution in [0.4, 0.5) is 0 Å². The lowest BCUT2D eigenvalue weighted by molar-refractivity contribution is 0.414. The highest BCUT2D eigenvalue weighted by Gasteiger charge is 2.12. The number of hydrogen-bond acceptors (Lipinski definition) is 1. The molecular formula is C15H14BrClO. The molecule has 0 aliphatic heterocycles. The standard InChI is InChI=1S/C15H14BrClO/c1-18-12-7-8-13(14(16)10-12)15(17)9-11-5-3-2-4-6-11/h2-8,10,15H,9H2,1H3. The Morgan fingerprint density at radius 1 is 1.17 bits per heavy atom. The van der Waals surface area contributed by atoms with E-state index in [1.165, 1.54) is 5.56 Å². The predicted molar refractivity (Wildman–Crippen MR) is 79.4 cm³/mol. The fraction of sp³-hybridized carbons (Fsp3) is 0.200. The number of methoxy groups -OCH3 is 1. The van der Waals surface area contributed by atoms with Crippen LogP contribution in [0, 0.1) is 0 Å². The number of hydrogen-bond donors (Lipinski definition) is 0. The SMILES string of the molecule is COc1ccc(C(Cl)Cc2ccccc2)c(Br)c1. The van der Waals surface area contributed by atoms with Gasteiger partial charge in [0, 0.05) is 4.47 Å². The summed E-state index contributed by atoms with van der Waals surface area (Å²) < 4.78 is 6.16. The topological polar surface area (TPSA) is 9.23 Å². The molecule has 0 radical (unpaired) electrons. The van der Waals surface area contributed by atoms with Gasteiger partial charge in [-0.2, -0.15) is 0 Å². The first-order chi connectivity index (χ1) is 8.70. The maximum Gasteiger partial charge on any atom is 0.120 e. The number of benzene rings is 2. The summed E-state index contributed by atoms with van der Waals surface area (Å²) in [6.07, 6.45) is 0.813. The minimum Gasteiger partial charge on any atom is -0.497 e. The summed E-state index contributed by atoms with van der Waals surface area (Å²) in [4.78, 5) is 0. The Labute approximate surface area is 121 Å². The molecule has 2 aromatic rings. The minimum atomic E-state index is -0.0484. The predicted octanol–water partition coefficient (Wildman–Crippen LogP) is 4.98. The van der Waals surface area contributed by atoms with Gasteiger partial charge in [-0.1, -0.05) is 52.3 Å². The Balaban J connectivity index is 2.16. The third kappa shape index (κ3) is 3.27. The summed E-state index contributed by atoms with van der Waals surface area (Å²) in [6, 6.07) is 16.1. The van der Waals surface area contributed by atoms with Crippen LogP contribution in [0.2, 0.25) is 0 Å². The molecule has 1 unspecified atom stereocenters. The van der Waals surface area contributed by atoms with Crippen molar-refractivity contribution in [2.45, 2.75) is 11.8 Å². The number of rotatable bonds is 4. The average molecular weight is 326 g/mol. The Morgan fingerprint density at radius 3 is 2.50 bits per heavy atom. The summed E-state index contributed by atoms with van der Waals surface area (Å²) in [5.41, 5.74) is 2.32. The highest BCUT2D eigenvalue weighted by atomic mass is 79.9. The Kier molecular flexibility index (Phi) is 4.67. The van der Waals surface area contributed by atoms with E-state index < -0.39 is 0 Å². The van der Waals surface area contributed by atoms with E-state index in [2.05, 4.69) is 28.1 Å². The van der Waals surface area contributed by atoms with Crippen LogP contribution in [-0.2, 0) is 6.42 Å². The smallest absolute Gasteiger partial charge is 0.120 e. The number of alkyl halides is 1. The van der Waals surface area contributed by atoms with Gasteiger partial charge in [0.25, 0.3) is 0 Å². The van der Waals surface area contributed by atoms with Crippen molar-refractivity contribution in [1.29, 1.82) is 0 Å².